The molecular weight excluding hydrogens is 300 g/mol. The first kappa shape index (κ1) is 16.1. The van der Waals surface area contributed by atoms with Gasteiger partial charge in [0, 0.05) is 24.7 Å². The Hall–Kier alpha value is -2.27. The molecule has 1 heterocycles. The van der Waals surface area contributed by atoms with Gasteiger partial charge in [0.2, 0.25) is 5.88 Å². The van der Waals surface area contributed by atoms with E-state index in [0.717, 1.165) is 16.3 Å². The van der Waals surface area contributed by atoms with Crippen LogP contribution in [0, 0.1) is 0 Å². The number of hydrogen-bond acceptors (Lipinski definition) is 3. The van der Waals surface area contributed by atoms with Crippen molar-refractivity contribution >= 4 is 17.6 Å². The molecule has 2 rings (SSSR count). The monoisotopic (exact) mass is 318 g/mol. The zero-order valence-electron chi connectivity index (χ0n) is 12.6. The van der Waals surface area contributed by atoms with Crippen molar-refractivity contribution < 1.29 is 4.74 Å². The molecule has 0 fully saturated rings. The van der Waals surface area contributed by atoms with Gasteiger partial charge in [0.1, 0.15) is 0 Å². The Balaban J connectivity index is 1.87. The third kappa shape index (κ3) is 4.93. The van der Waals surface area contributed by atoms with Gasteiger partial charge in [-0.1, -0.05) is 29.8 Å². The predicted molar refractivity (Wildman–Crippen MR) is 89.3 cm³/mol. The lowest BCUT2D eigenvalue weighted by molar-refractivity contribution is 0.396. The number of nitrogens with one attached hydrogen (secondary N) is 2. The number of nitrogens with zero attached hydrogens (tertiary/aromatic N) is 2. The van der Waals surface area contributed by atoms with Gasteiger partial charge in [0.05, 0.1) is 19.3 Å². The van der Waals surface area contributed by atoms with Gasteiger partial charge < -0.3 is 15.4 Å². The molecule has 0 atom stereocenters. The molecule has 22 heavy (non-hydrogen) atoms. The number of pyridine rings is 1. The van der Waals surface area contributed by atoms with Crippen molar-refractivity contribution in [2.24, 2.45) is 4.99 Å². The van der Waals surface area contributed by atoms with E-state index in [1.54, 1.807) is 14.2 Å². The lowest BCUT2D eigenvalue weighted by Gasteiger charge is -2.12. The first-order chi connectivity index (χ1) is 10.7. The number of hydrogen-bond donors (Lipinski definition) is 2. The number of ether oxygens (including phenoxy) is 1. The summed E-state index contributed by atoms with van der Waals surface area (Å²) in [6.07, 6.45) is 0. The lowest BCUT2D eigenvalue weighted by Crippen LogP contribution is -2.36. The van der Waals surface area contributed by atoms with Gasteiger partial charge in [-0.25, -0.2) is 4.98 Å². The molecule has 0 aliphatic heterocycles. The standard InChI is InChI=1S/C16H19ClN4O/c1-18-16(19-10-12-5-3-6-13(17)9-12)20-11-14-7-4-8-15(21-14)22-2/h3-9H,10-11H2,1-2H3,(H2,18,19,20). The van der Waals surface area contributed by atoms with Gasteiger partial charge in [-0.3, -0.25) is 4.99 Å². The average Bonchev–Trinajstić information content (AvgIpc) is 2.55. The molecule has 0 aliphatic carbocycles. The summed E-state index contributed by atoms with van der Waals surface area (Å²) in [6.45, 7) is 1.21. The highest BCUT2D eigenvalue weighted by Crippen LogP contribution is 2.10. The smallest absolute Gasteiger partial charge is 0.213 e. The summed E-state index contributed by atoms with van der Waals surface area (Å²) < 4.78 is 5.11. The third-order valence-electron chi connectivity index (χ3n) is 3.00. The van der Waals surface area contributed by atoms with Crippen LogP contribution in [0.15, 0.2) is 47.5 Å². The predicted octanol–water partition coefficient (Wildman–Crippen LogP) is 2.61. The van der Waals surface area contributed by atoms with E-state index in [0.29, 0.717) is 24.9 Å². The summed E-state index contributed by atoms with van der Waals surface area (Å²) in [5.74, 6) is 1.30. The molecule has 6 heteroatoms. The van der Waals surface area contributed by atoms with Gasteiger partial charge in [0.25, 0.3) is 0 Å². The fourth-order valence-electron chi connectivity index (χ4n) is 1.90. The molecular formula is C16H19ClN4O. The molecule has 1 aromatic heterocycles. The second-order valence-electron chi connectivity index (χ2n) is 4.58. The van der Waals surface area contributed by atoms with Crippen LogP contribution >= 0.6 is 11.6 Å². The highest BCUT2D eigenvalue weighted by molar-refractivity contribution is 6.30. The molecule has 2 aromatic rings. The Morgan fingerprint density at radius 1 is 1.18 bits per heavy atom. The van der Waals surface area contributed by atoms with Crippen LogP contribution in [0.5, 0.6) is 5.88 Å². The van der Waals surface area contributed by atoms with Crippen molar-refractivity contribution in [3.8, 4) is 5.88 Å². The van der Waals surface area contributed by atoms with Crippen LogP contribution in [0.25, 0.3) is 0 Å². The maximum atomic E-state index is 5.97. The van der Waals surface area contributed by atoms with Crippen molar-refractivity contribution in [3.05, 3.63) is 58.7 Å². The minimum atomic E-state index is 0.562. The van der Waals surface area contributed by atoms with Crippen LogP contribution in [0.1, 0.15) is 11.3 Å². The molecule has 0 amide bonds. The molecule has 1 aromatic carbocycles. The van der Waals surface area contributed by atoms with Gasteiger partial charge in [-0.2, -0.15) is 0 Å². The summed E-state index contributed by atoms with van der Waals surface area (Å²) in [5.41, 5.74) is 1.97. The molecule has 0 spiro atoms. The molecule has 0 aliphatic rings. The van der Waals surface area contributed by atoms with Crippen molar-refractivity contribution in [1.82, 2.24) is 15.6 Å². The molecule has 0 saturated carbocycles. The van der Waals surface area contributed by atoms with Gasteiger partial charge >= 0.3 is 0 Å². The number of benzene rings is 1. The average molecular weight is 319 g/mol. The molecule has 0 bridgehead atoms. The Morgan fingerprint density at radius 2 is 1.95 bits per heavy atom. The maximum Gasteiger partial charge on any atom is 0.213 e. The van der Waals surface area contributed by atoms with E-state index >= 15 is 0 Å². The highest BCUT2D eigenvalue weighted by Gasteiger charge is 2.01. The third-order valence-corrected chi connectivity index (χ3v) is 3.23. The summed E-state index contributed by atoms with van der Waals surface area (Å²) in [6, 6.07) is 13.4. The van der Waals surface area contributed by atoms with Crippen molar-refractivity contribution in [3.63, 3.8) is 0 Å². The summed E-state index contributed by atoms with van der Waals surface area (Å²) in [5, 5.41) is 7.17. The molecule has 116 valence electrons. The van der Waals surface area contributed by atoms with Crippen molar-refractivity contribution in [2.75, 3.05) is 14.2 Å². The normalized spacial score (nSPS) is 11.1. The second kappa shape index (κ2) is 8.24. The van der Waals surface area contributed by atoms with Crippen LogP contribution < -0.4 is 15.4 Å². The van der Waals surface area contributed by atoms with E-state index in [2.05, 4.69) is 20.6 Å². The van der Waals surface area contributed by atoms with E-state index in [9.17, 15) is 0 Å². The Kier molecular flexibility index (Phi) is 6.03. The van der Waals surface area contributed by atoms with Crippen LogP contribution in [0.4, 0.5) is 0 Å². The number of aliphatic imine (C=N–C) groups is 1. The van der Waals surface area contributed by atoms with Crippen LogP contribution in [0.2, 0.25) is 5.02 Å². The first-order valence-electron chi connectivity index (χ1n) is 6.90. The first-order valence-corrected chi connectivity index (χ1v) is 7.28. The van der Waals surface area contributed by atoms with E-state index in [1.807, 2.05) is 42.5 Å². The van der Waals surface area contributed by atoms with E-state index in [4.69, 9.17) is 16.3 Å². The molecule has 5 nitrogen and oxygen atoms in total. The van der Waals surface area contributed by atoms with Gasteiger partial charge in [-0.15, -0.1) is 0 Å². The summed E-state index contributed by atoms with van der Waals surface area (Å²) >= 11 is 5.97. The molecule has 0 unspecified atom stereocenters. The number of halogens is 1. The number of aromatic nitrogens is 1. The maximum absolute atomic E-state index is 5.97. The Morgan fingerprint density at radius 3 is 2.68 bits per heavy atom. The van der Waals surface area contributed by atoms with E-state index in [-0.39, 0.29) is 0 Å². The number of guanidine groups is 1. The van der Waals surface area contributed by atoms with Crippen LogP contribution in [-0.2, 0) is 13.1 Å². The summed E-state index contributed by atoms with van der Waals surface area (Å²) in [7, 11) is 3.33. The summed E-state index contributed by atoms with van der Waals surface area (Å²) in [4.78, 5) is 8.53. The topological polar surface area (TPSA) is 58.5 Å². The fraction of sp³-hybridized carbons (Fsp3) is 0.250. The molecule has 0 radical (unpaired) electrons. The van der Waals surface area contributed by atoms with Crippen LogP contribution in [-0.4, -0.2) is 25.1 Å². The minimum absolute atomic E-state index is 0.562. The zero-order chi connectivity index (χ0) is 15.8. The fourth-order valence-corrected chi connectivity index (χ4v) is 2.11. The quantitative estimate of drug-likeness (QED) is 0.657. The van der Waals surface area contributed by atoms with Crippen molar-refractivity contribution in [2.45, 2.75) is 13.1 Å². The SMILES string of the molecule is CN=C(NCc1cccc(Cl)c1)NCc1cccc(OC)n1. The lowest BCUT2D eigenvalue weighted by atomic mass is 10.2. The van der Waals surface area contributed by atoms with Gasteiger partial charge in [0.15, 0.2) is 5.96 Å². The Bertz CT molecular complexity index is 646. The number of methoxy groups -OCH3 is 1. The van der Waals surface area contributed by atoms with Crippen molar-refractivity contribution in [1.29, 1.82) is 0 Å². The van der Waals surface area contributed by atoms with E-state index < -0.39 is 0 Å². The second-order valence-corrected chi connectivity index (χ2v) is 5.02. The molecule has 0 saturated heterocycles. The Labute approximate surface area is 135 Å². The molecule has 2 N–H and O–H groups in total. The number of rotatable bonds is 5. The highest BCUT2D eigenvalue weighted by atomic mass is 35.5. The van der Waals surface area contributed by atoms with Crippen LogP contribution in [0.3, 0.4) is 0 Å². The van der Waals surface area contributed by atoms with Gasteiger partial charge in [-0.05, 0) is 23.8 Å². The van der Waals surface area contributed by atoms with E-state index in [1.165, 1.54) is 0 Å². The zero-order valence-corrected chi connectivity index (χ0v) is 13.4. The minimum Gasteiger partial charge on any atom is -0.481 e. The largest absolute Gasteiger partial charge is 0.481 e.